The van der Waals surface area contributed by atoms with Crippen molar-refractivity contribution in [2.75, 3.05) is 13.2 Å². The Labute approximate surface area is 469 Å². The van der Waals surface area contributed by atoms with Crippen LogP contribution < -0.4 is 0 Å². The van der Waals surface area contributed by atoms with Crippen LogP contribution in [-0.4, -0.2) is 37.2 Å². The molecule has 6 heteroatoms. The molecular formula is C70H116O6. The Balaban J connectivity index is 4.30. The first-order valence-electron chi connectivity index (χ1n) is 31.5. The van der Waals surface area contributed by atoms with Crippen LogP contribution in [0, 0.1) is 0 Å². The van der Waals surface area contributed by atoms with E-state index in [1.807, 2.05) is 6.08 Å². The molecule has 0 aromatic heterocycles. The summed E-state index contributed by atoms with van der Waals surface area (Å²) in [7, 11) is 0. The lowest BCUT2D eigenvalue weighted by molar-refractivity contribution is -0.166. The van der Waals surface area contributed by atoms with E-state index in [0.29, 0.717) is 19.3 Å². The Morgan fingerprint density at radius 1 is 0.276 bits per heavy atom. The predicted molar refractivity (Wildman–Crippen MR) is 330 cm³/mol. The van der Waals surface area contributed by atoms with Gasteiger partial charge in [-0.3, -0.25) is 14.4 Å². The number of carbonyl (C=O) groups is 3. The molecule has 0 aromatic carbocycles. The second-order valence-corrected chi connectivity index (χ2v) is 20.5. The van der Waals surface area contributed by atoms with E-state index >= 15 is 0 Å². The van der Waals surface area contributed by atoms with Gasteiger partial charge in [0.15, 0.2) is 6.10 Å². The van der Waals surface area contributed by atoms with Crippen molar-refractivity contribution < 1.29 is 28.6 Å². The topological polar surface area (TPSA) is 78.9 Å². The van der Waals surface area contributed by atoms with E-state index in [-0.39, 0.29) is 37.5 Å². The van der Waals surface area contributed by atoms with Gasteiger partial charge in [-0.05, 0) is 116 Å². The molecule has 432 valence electrons. The molecule has 0 radical (unpaired) electrons. The molecule has 0 aliphatic rings. The Morgan fingerprint density at radius 2 is 0.539 bits per heavy atom. The highest BCUT2D eigenvalue weighted by Gasteiger charge is 2.19. The number of hydrogen-bond donors (Lipinski definition) is 0. The van der Waals surface area contributed by atoms with Crippen LogP contribution in [0.2, 0.25) is 0 Å². The zero-order chi connectivity index (χ0) is 55.0. The SMILES string of the molecule is CC/C=C\C/C=C\C/C=C\C/C=C\C/C=C\CCCCCCCCCCCCCCCC(=O)OCC(COC(=O)CC/C=C\C/C=C\C/C=C\C/C=C\CC)OC(=O)CCCCCCC/C=C\CCCCCCCCC. The van der Waals surface area contributed by atoms with Crippen LogP contribution in [0.4, 0.5) is 0 Å². The molecule has 0 bridgehead atoms. The number of esters is 3. The maximum absolute atomic E-state index is 12.9. The second kappa shape index (κ2) is 63.3. The standard InChI is InChI=1S/C70H116O6/c1-4-7-10-13-16-19-22-25-27-29-30-31-32-33-34-35-36-37-38-39-40-41-43-45-48-51-54-57-60-63-69(72)75-66-67(65-74-68(71)62-59-56-53-50-47-44-24-21-18-15-12-9-6-3)76-70(73)64-61-58-55-52-49-46-42-28-26-23-20-17-14-11-8-5-2/h7,9-10,12,16,18-19,21,25,27-28,30-31,33-34,42,44,47,53,56,67H,4-6,8,11,13-15,17,20,22-24,26,29,32,35-41,43,45-46,48-52,54-55,57-66H2,1-3H3/b10-7-,12-9-,19-16-,21-18-,27-25-,31-30-,34-33-,42-28-,47-44-,56-53-. The molecule has 0 aliphatic heterocycles. The molecule has 76 heavy (non-hydrogen) atoms. The average Bonchev–Trinajstić information content (AvgIpc) is 3.42. The Hall–Kier alpha value is -4.19. The fourth-order valence-electron chi connectivity index (χ4n) is 8.54. The molecule has 0 N–H and O–H groups in total. The summed E-state index contributed by atoms with van der Waals surface area (Å²) in [5, 5.41) is 0. The molecule has 0 rings (SSSR count). The molecule has 0 aromatic rings. The number of rotatable bonds is 56. The van der Waals surface area contributed by atoms with Gasteiger partial charge in [0.25, 0.3) is 0 Å². The zero-order valence-corrected chi connectivity index (χ0v) is 49.5. The van der Waals surface area contributed by atoms with E-state index < -0.39 is 6.10 Å². The van der Waals surface area contributed by atoms with E-state index in [1.165, 1.54) is 128 Å². The third-order valence-corrected chi connectivity index (χ3v) is 13.2. The molecule has 1 atom stereocenters. The predicted octanol–water partition coefficient (Wildman–Crippen LogP) is 21.6. The van der Waals surface area contributed by atoms with E-state index in [2.05, 4.69) is 136 Å². The molecule has 0 saturated heterocycles. The van der Waals surface area contributed by atoms with Crippen molar-refractivity contribution in [3.63, 3.8) is 0 Å². The van der Waals surface area contributed by atoms with Crippen LogP contribution in [0.5, 0.6) is 0 Å². The van der Waals surface area contributed by atoms with Gasteiger partial charge in [0.05, 0.1) is 0 Å². The largest absolute Gasteiger partial charge is 0.462 e. The molecule has 6 nitrogen and oxygen atoms in total. The fraction of sp³-hybridized carbons (Fsp3) is 0.671. The van der Waals surface area contributed by atoms with E-state index in [4.69, 9.17) is 14.2 Å². The highest BCUT2D eigenvalue weighted by atomic mass is 16.6. The second-order valence-electron chi connectivity index (χ2n) is 20.5. The summed E-state index contributed by atoms with van der Waals surface area (Å²) in [5.74, 6) is -0.996. The third kappa shape index (κ3) is 60.7. The van der Waals surface area contributed by atoms with Crippen LogP contribution in [0.3, 0.4) is 0 Å². The van der Waals surface area contributed by atoms with Crippen molar-refractivity contribution in [1.29, 1.82) is 0 Å². The summed E-state index contributed by atoms with van der Waals surface area (Å²) in [5.41, 5.74) is 0. The summed E-state index contributed by atoms with van der Waals surface area (Å²) < 4.78 is 16.8. The first-order valence-corrected chi connectivity index (χ1v) is 31.5. The lowest BCUT2D eigenvalue weighted by atomic mass is 10.0. The molecule has 0 amide bonds. The Kier molecular flexibility index (Phi) is 59.9. The fourth-order valence-corrected chi connectivity index (χ4v) is 8.54. The Morgan fingerprint density at radius 3 is 0.895 bits per heavy atom. The number of unbranched alkanes of at least 4 members (excludes halogenated alkanes) is 25. The van der Waals surface area contributed by atoms with Gasteiger partial charge in [0.1, 0.15) is 13.2 Å². The Bertz CT molecular complexity index is 1590. The van der Waals surface area contributed by atoms with Crippen molar-refractivity contribution >= 4 is 17.9 Å². The summed E-state index contributed by atoms with van der Waals surface area (Å²) >= 11 is 0. The van der Waals surface area contributed by atoms with Crippen LogP contribution in [0.1, 0.15) is 284 Å². The first kappa shape index (κ1) is 71.8. The number of hydrogen-bond acceptors (Lipinski definition) is 6. The summed E-state index contributed by atoms with van der Waals surface area (Å²) in [6, 6.07) is 0. The minimum Gasteiger partial charge on any atom is -0.462 e. The van der Waals surface area contributed by atoms with Gasteiger partial charge in [-0.1, -0.05) is 271 Å². The molecule has 0 aliphatic carbocycles. The van der Waals surface area contributed by atoms with Crippen LogP contribution >= 0.6 is 0 Å². The van der Waals surface area contributed by atoms with Crippen LogP contribution in [0.25, 0.3) is 0 Å². The van der Waals surface area contributed by atoms with Crippen LogP contribution in [0.15, 0.2) is 122 Å². The molecule has 0 spiro atoms. The zero-order valence-electron chi connectivity index (χ0n) is 49.5. The van der Waals surface area contributed by atoms with E-state index in [1.54, 1.807) is 0 Å². The van der Waals surface area contributed by atoms with Gasteiger partial charge in [-0.15, -0.1) is 0 Å². The molecule has 0 saturated carbocycles. The van der Waals surface area contributed by atoms with Crippen molar-refractivity contribution in [3.8, 4) is 0 Å². The highest BCUT2D eigenvalue weighted by Crippen LogP contribution is 2.16. The van der Waals surface area contributed by atoms with Gasteiger partial charge in [0.2, 0.25) is 0 Å². The third-order valence-electron chi connectivity index (χ3n) is 13.2. The lowest BCUT2D eigenvalue weighted by Gasteiger charge is -2.18. The van der Waals surface area contributed by atoms with Crippen molar-refractivity contribution in [2.45, 2.75) is 290 Å². The van der Waals surface area contributed by atoms with Gasteiger partial charge in [-0.2, -0.15) is 0 Å². The maximum Gasteiger partial charge on any atom is 0.306 e. The maximum atomic E-state index is 12.9. The summed E-state index contributed by atoms with van der Waals surface area (Å²) in [6.45, 7) is 6.35. The molecule has 0 fully saturated rings. The minimum atomic E-state index is -0.814. The molecular weight excluding hydrogens is 937 g/mol. The van der Waals surface area contributed by atoms with Crippen molar-refractivity contribution in [3.05, 3.63) is 122 Å². The van der Waals surface area contributed by atoms with Crippen molar-refractivity contribution in [2.24, 2.45) is 0 Å². The van der Waals surface area contributed by atoms with Gasteiger partial charge in [-0.25, -0.2) is 0 Å². The quantitative estimate of drug-likeness (QED) is 0.0261. The summed E-state index contributed by atoms with van der Waals surface area (Å²) in [4.78, 5) is 38.2. The van der Waals surface area contributed by atoms with Crippen molar-refractivity contribution in [1.82, 2.24) is 0 Å². The lowest BCUT2D eigenvalue weighted by Crippen LogP contribution is -2.30. The van der Waals surface area contributed by atoms with E-state index in [9.17, 15) is 14.4 Å². The van der Waals surface area contributed by atoms with Crippen LogP contribution in [-0.2, 0) is 28.6 Å². The number of carbonyl (C=O) groups excluding carboxylic acids is 3. The highest BCUT2D eigenvalue weighted by molar-refractivity contribution is 5.71. The monoisotopic (exact) mass is 1050 g/mol. The van der Waals surface area contributed by atoms with Gasteiger partial charge < -0.3 is 14.2 Å². The van der Waals surface area contributed by atoms with Gasteiger partial charge >= 0.3 is 17.9 Å². The minimum absolute atomic E-state index is 0.105. The summed E-state index contributed by atoms with van der Waals surface area (Å²) in [6.07, 6.45) is 88.0. The molecule has 0 heterocycles. The van der Waals surface area contributed by atoms with Gasteiger partial charge in [0, 0.05) is 19.3 Å². The smallest absolute Gasteiger partial charge is 0.306 e. The normalized spacial score (nSPS) is 12.9. The number of ether oxygens (including phenoxy) is 3. The average molecular weight is 1050 g/mol. The van der Waals surface area contributed by atoms with E-state index in [0.717, 1.165) is 109 Å². The first-order chi connectivity index (χ1) is 37.5. The molecule has 1 unspecified atom stereocenters. The number of allylic oxidation sites excluding steroid dienone is 20.